The molecule has 0 saturated heterocycles. The fourth-order valence-electron chi connectivity index (χ4n) is 8.35. The van der Waals surface area contributed by atoms with Crippen molar-refractivity contribution in [1.29, 1.82) is 0 Å². The van der Waals surface area contributed by atoms with Crippen molar-refractivity contribution in [2.24, 2.45) is 0 Å². The minimum Gasteiger partial charge on any atom is -0.456 e. The van der Waals surface area contributed by atoms with Crippen LogP contribution >= 0.6 is 11.3 Å². The first-order valence-corrected chi connectivity index (χ1v) is 19.7. The lowest BCUT2D eigenvalue weighted by atomic mass is 9.94. The molecule has 0 fully saturated rings. The van der Waals surface area contributed by atoms with E-state index in [0.29, 0.717) is 17.5 Å². The van der Waals surface area contributed by atoms with Gasteiger partial charge in [-0.2, -0.15) is 0 Å². The Morgan fingerprint density at radius 1 is 0.351 bits per heavy atom. The first kappa shape index (κ1) is 31.9. The van der Waals surface area contributed by atoms with Gasteiger partial charge in [0.2, 0.25) is 0 Å². The summed E-state index contributed by atoms with van der Waals surface area (Å²) in [6.45, 7) is 0. The van der Waals surface area contributed by atoms with E-state index in [1.807, 2.05) is 72.0 Å². The molecule has 0 amide bonds. The standard InChI is InChI=1S/C51H29N3O2S/c1-3-13-30(14-4-1)33-27-28-35(46-39-18-8-10-24-44(39)57-48(33)46)37-20-11-19-36-34-26-25-32(29-43(34)56-47(36)37)50-52-49(31-15-5-2-6-16-31)53-51(54-50)40-21-12-23-42-45(40)38-17-7-9-22-41(38)55-42/h1-29H. The van der Waals surface area contributed by atoms with Crippen LogP contribution in [0.4, 0.5) is 0 Å². The monoisotopic (exact) mass is 747 g/mol. The normalized spacial score (nSPS) is 11.9. The van der Waals surface area contributed by atoms with Crippen LogP contribution in [0, 0.1) is 0 Å². The minimum atomic E-state index is 0.564. The Kier molecular flexibility index (Phi) is 7.03. The third-order valence-electron chi connectivity index (χ3n) is 11.0. The van der Waals surface area contributed by atoms with Crippen molar-refractivity contribution in [2.75, 3.05) is 0 Å². The number of rotatable bonds is 5. The highest BCUT2D eigenvalue weighted by molar-refractivity contribution is 7.26. The van der Waals surface area contributed by atoms with Gasteiger partial charge in [0.05, 0.1) is 0 Å². The Balaban J connectivity index is 1.05. The lowest BCUT2D eigenvalue weighted by molar-refractivity contribution is 0.669. The smallest absolute Gasteiger partial charge is 0.164 e. The van der Waals surface area contributed by atoms with Gasteiger partial charge in [0.15, 0.2) is 17.5 Å². The van der Waals surface area contributed by atoms with Gasteiger partial charge in [-0.15, -0.1) is 11.3 Å². The second-order valence-corrected chi connectivity index (χ2v) is 15.3. The van der Waals surface area contributed by atoms with Crippen molar-refractivity contribution in [3.8, 4) is 56.4 Å². The van der Waals surface area contributed by atoms with Gasteiger partial charge in [0, 0.05) is 64.0 Å². The number of thiophene rings is 1. The van der Waals surface area contributed by atoms with Crippen molar-refractivity contribution >= 4 is 75.4 Å². The van der Waals surface area contributed by atoms with Gasteiger partial charge in [-0.25, -0.2) is 15.0 Å². The zero-order chi connectivity index (χ0) is 37.5. The summed E-state index contributed by atoms with van der Waals surface area (Å²) in [6.07, 6.45) is 0. The highest BCUT2D eigenvalue weighted by atomic mass is 32.1. The van der Waals surface area contributed by atoms with E-state index in [-0.39, 0.29) is 0 Å². The molecule has 6 heteroatoms. The molecule has 12 rings (SSSR count). The van der Waals surface area contributed by atoms with Gasteiger partial charge in [0.25, 0.3) is 0 Å². The number of fused-ring (bicyclic) bond motifs is 9. The topological polar surface area (TPSA) is 65.0 Å². The second kappa shape index (κ2) is 12.6. The minimum absolute atomic E-state index is 0.564. The van der Waals surface area contributed by atoms with Crippen LogP contribution in [-0.4, -0.2) is 15.0 Å². The van der Waals surface area contributed by atoms with E-state index in [0.717, 1.165) is 71.7 Å². The Morgan fingerprint density at radius 3 is 1.86 bits per heavy atom. The van der Waals surface area contributed by atoms with E-state index in [4.69, 9.17) is 23.8 Å². The van der Waals surface area contributed by atoms with Crippen LogP contribution in [-0.2, 0) is 0 Å². The Morgan fingerprint density at radius 2 is 1.00 bits per heavy atom. The van der Waals surface area contributed by atoms with Gasteiger partial charge >= 0.3 is 0 Å². The van der Waals surface area contributed by atoms with Crippen LogP contribution in [0.2, 0.25) is 0 Å². The highest BCUT2D eigenvalue weighted by Crippen LogP contribution is 2.47. The van der Waals surface area contributed by atoms with E-state index in [1.54, 1.807) is 0 Å². The summed E-state index contributed by atoms with van der Waals surface area (Å²) in [7, 11) is 0. The first-order valence-electron chi connectivity index (χ1n) is 18.9. The molecule has 0 N–H and O–H groups in total. The summed E-state index contributed by atoms with van der Waals surface area (Å²) in [6, 6.07) is 60.8. The molecule has 0 unspecified atom stereocenters. The van der Waals surface area contributed by atoms with Crippen LogP contribution in [0.25, 0.3) is 120 Å². The maximum absolute atomic E-state index is 6.90. The summed E-state index contributed by atoms with van der Waals surface area (Å²) >= 11 is 1.85. The number of furan rings is 2. The lowest BCUT2D eigenvalue weighted by Gasteiger charge is -2.10. The summed E-state index contributed by atoms with van der Waals surface area (Å²) in [5, 5.41) is 6.60. The predicted molar refractivity (Wildman–Crippen MR) is 234 cm³/mol. The molecular formula is C51H29N3O2S. The first-order chi connectivity index (χ1) is 28.2. The molecule has 0 aliphatic heterocycles. The summed E-state index contributed by atoms with van der Waals surface area (Å²) < 4.78 is 15.7. The average Bonchev–Trinajstić information content (AvgIpc) is 3.98. The molecule has 0 aliphatic carbocycles. The summed E-state index contributed by atoms with van der Waals surface area (Å²) in [5.74, 6) is 1.74. The number of nitrogens with zero attached hydrogens (tertiary/aromatic N) is 3. The molecule has 266 valence electrons. The summed E-state index contributed by atoms with van der Waals surface area (Å²) in [4.78, 5) is 15.3. The Bertz CT molecular complexity index is 3530. The number of para-hydroxylation sites is 2. The van der Waals surface area contributed by atoms with Crippen molar-refractivity contribution in [2.45, 2.75) is 0 Å². The molecule has 0 atom stereocenters. The Labute approximate surface area is 330 Å². The zero-order valence-electron chi connectivity index (χ0n) is 30.3. The predicted octanol–water partition coefficient (Wildman–Crippen LogP) is 14.4. The quantitative estimate of drug-likeness (QED) is 0.175. The van der Waals surface area contributed by atoms with Crippen LogP contribution in [0.1, 0.15) is 0 Å². The molecule has 5 nitrogen and oxygen atoms in total. The van der Waals surface area contributed by atoms with Crippen molar-refractivity contribution in [3.05, 3.63) is 176 Å². The van der Waals surface area contributed by atoms with Crippen molar-refractivity contribution in [1.82, 2.24) is 15.0 Å². The third kappa shape index (κ3) is 5.04. The molecular weight excluding hydrogens is 719 g/mol. The number of aromatic nitrogens is 3. The number of benzene rings is 8. The van der Waals surface area contributed by atoms with E-state index in [9.17, 15) is 0 Å². The third-order valence-corrected chi connectivity index (χ3v) is 12.2. The van der Waals surface area contributed by atoms with Crippen LogP contribution < -0.4 is 0 Å². The molecule has 0 bridgehead atoms. The van der Waals surface area contributed by atoms with Gasteiger partial charge in [-0.05, 0) is 47.0 Å². The molecule has 4 aromatic heterocycles. The molecule has 8 aromatic carbocycles. The van der Waals surface area contributed by atoms with Gasteiger partial charge in [-0.1, -0.05) is 146 Å². The lowest BCUT2D eigenvalue weighted by Crippen LogP contribution is -2.00. The molecule has 4 heterocycles. The SMILES string of the molecule is c1ccc(-c2nc(-c3ccc4c(c3)oc3c(-c5ccc(-c6ccccc6)c6sc7ccccc7c56)cccc34)nc(-c3cccc4oc5ccccc5c34)n2)cc1. The van der Waals surface area contributed by atoms with Crippen LogP contribution in [0.15, 0.2) is 185 Å². The molecule has 0 radical (unpaired) electrons. The largest absolute Gasteiger partial charge is 0.456 e. The molecule has 0 saturated carbocycles. The molecule has 0 aliphatic rings. The van der Waals surface area contributed by atoms with Crippen molar-refractivity contribution in [3.63, 3.8) is 0 Å². The second-order valence-electron chi connectivity index (χ2n) is 14.3. The Hall–Kier alpha value is -7.41. The van der Waals surface area contributed by atoms with E-state index in [2.05, 4.69) is 115 Å². The van der Waals surface area contributed by atoms with Gasteiger partial charge in [0.1, 0.15) is 22.3 Å². The van der Waals surface area contributed by atoms with Gasteiger partial charge in [-0.3, -0.25) is 0 Å². The van der Waals surface area contributed by atoms with Gasteiger partial charge < -0.3 is 8.83 Å². The van der Waals surface area contributed by atoms with Crippen LogP contribution in [0.5, 0.6) is 0 Å². The van der Waals surface area contributed by atoms with Crippen LogP contribution in [0.3, 0.4) is 0 Å². The average molecular weight is 748 g/mol. The van der Waals surface area contributed by atoms with E-state index >= 15 is 0 Å². The fraction of sp³-hybridized carbons (Fsp3) is 0. The van der Waals surface area contributed by atoms with Crippen molar-refractivity contribution < 1.29 is 8.83 Å². The highest BCUT2D eigenvalue weighted by Gasteiger charge is 2.21. The molecule has 12 aromatic rings. The number of hydrogen-bond acceptors (Lipinski definition) is 6. The zero-order valence-corrected chi connectivity index (χ0v) is 31.1. The maximum atomic E-state index is 6.90. The van der Waals surface area contributed by atoms with E-state index in [1.165, 1.54) is 31.3 Å². The van der Waals surface area contributed by atoms with E-state index < -0.39 is 0 Å². The number of hydrogen-bond donors (Lipinski definition) is 0. The maximum Gasteiger partial charge on any atom is 0.164 e. The summed E-state index contributed by atoms with van der Waals surface area (Å²) in [5.41, 5.74) is 10.5. The fourth-order valence-corrected chi connectivity index (χ4v) is 9.61. The molecule has 0 spiro atoms. The molecule has 57 heavy (non-hydrogen) atoms.